The van der Waals surface area contributed by atoms with Crippen molar-refractivity contribution in [2.45, 2.75) is 39.8 Å². The Morgan fingerprint density at radius 1 is 1.31 bits per heavy atom. The molecule has 0 atom stereocenters. The molecule has 0 bridgehead atoms. The van der Waals surface area contributed by atoms with E-state index in [1.165, 1.54) is 12.1 Å². The van der Waals surface area contributed by atoms with Crippen LogP contribution in [-0.2, 0) is 11.3 Å². The first-order valence-corrected chi connectivity index (χ1v) is 8.55. The lowest BCUT2D eigenvalue weighted by molar-refractivity contribution is -0.135. The van der Waals surface area contributed by atoms with Crippen LogP contribution in [-0.4, -0.2) is 39.5 Å². The Bertz CT molecular complexity index is 939. The first-order chi connectivity index (χ1) is 12.3. The van der Waals surface area contributed by atoms with Crippen molar-refractivity contribution in [1.29, 1.82) is 0 Å². The predicted molar refractivity (Wildman–Crippen MR) is 97.3 cm³/mol. The number of halogens is 1. The minimum Gasteiger partial charge on any atom is -0.356 e. The number of nitrogens with two attached hydrogens (primary N) is 1. The first kappa shape index (κ1) is 18.1. The van der Waals surface area contributed by atoms with Gasteiger partial charge in [-0.3, -0.25) is 9.59 Å². The van der Waals surface area contributed by atoms with Crippen molar-refractivity contribution in [2.24, 2.45) is 10.8 Å². The molecule has 0 radical (unpaired) electrons. The molecule has 0 aliphatic carbocycles. The molecular formula is C18H22FN5O2. The molecule has 4 rings (SSSR count). The van der Waals surface area contributed by atoms with Crippen LogP contribution in [0.25, 0.3) is 10.9 Å². The molecule has 0 saturated heterocycles. The van der Waals surface area contributed by atoms with E-state index in [0.717, 1.165) is 11.3 Å². The number of carbonyl (C=O) groups is 2. The Hall–Kier alpha value is -2.74. The molecule has 4 N–H and O–H groups in total. The van der Waals surface area contributed by atoms with Crippen LogP contribution in [0.3, 0.4) is 0 Å². The predicted octanol–water partition coefficient (Wildman–Crippen LogP) is 1.86. The summed E-state index contributed by atoms with van der Waals surface area (Å²) in [5.41, 5.74) is 10.1. The van der Waals surface area contributed by atoms with Crippen LogP contribution in [0.5, 0.6) is 0 Å². The fraction of sp³-hybridized carbons (Fsp3) is 0.389. The third-order valence-electron chi connectivity index (χ3n) is 4.29. The van der Waals surface area contributed by atoms with Crippen molar-refractivity contribution in [3.8, 4) is 0 Å². The van der Waals surface area contributed by atoms with Crippen molar-refractivity contribution in [1.82, 2.24) is 15.3 Å². The molecule has 0 spiro atoms. The summed E-state index contributed by atoms with van der Waals surface area (Å²) in [6, 6.07) is 2.54. The third kappa shape index (κ3) is 2.76. The number of nitrogens with zero attached hydrogens (tertiary/aromatic N) is 2. The molecule has 0 unspecified atom stereocenters. The highest BCUT2D eigenvalue weighted by atomic mass is 19.1. The number of carbonyl (C=O) groups excluding carboxylic acids is 2. The van der Waals surface area contributed by atoms with E-state index < -0.39 is 17.3 Å². The Morgan fingerprint density at radius 2 is 2.00 bits per heavy atom. The van der Waals surface area contributed by atoms with Crippen LogP contribution >= 0.6 is 0 Å². The normalized spacial score (nSPS) is 15.7. The molecule has 8 heteroatoms. The monoisotopic (exact) mass is 359 g/mol. The SMILES string of the molecule is CC.CC(C)(N)C(=O)N1CC2=NNC(=O)c3cc(F)cc4[nH]c(c2c34)C1. The molecule has 1 aromatic carbocycles. The van der Waals surface area contributed by atoms with Crippen molar-refractivity contribution in [3.63, 3.8) is 0 Å². The molecule has 2 aliphatic rings. The minimum absolute atomic E-state index is 0.225. The number of nitrogens with one attached hydrogen (secondary N) is 2. The highest BCUT2D eigenvalue weighted by Crippen LogP contribution is 2.33. The van der Waals surface area contributed by atoms with Gasteiger partial charge in [-0.1, -0.05) is 13.8 Å². The van der Waals surface area contributed by atoms with Crippen molar-refractivity contribution in [2.75, 3.05) is 6.54 Å². The van der Waals surface area contributed by atoms with E-state index in [0.29, 0.717) is 23.2 Å². The van der Waals surface area contributed by atoms with Gasteiger partial charge in [0.15, 0.2) is 0 Å². The van der Waals surface area contributed by atoms with Gasteiger partial charge in [0.2, 0.25) is 5.91 Å². The number of hydrazone groups is 1. The summed E-state index contributed by atoms with van der Waals surface area (Å²) in [5, 5.41) is 4.77. The van der Waals surface area contributed by atoms with Crippen LogP contribution in [0.1, 0.15) is 49.3 Å². The number of hydrogen-bond acceptors (Lipinski definition) is 4. The molecule has 26 heavy (non-hydrogen) atoms. The third-order valence-corrected chi connectivity index (χ3v) is 4.29. The smallest absolute Gasteiger partial charge is 0.272 e. The lowest BCUT2D eigenvalue weighted by Crippen LogP contribution is -2.53. The highest BCUT2D eigenvalue weighted by Gasteiger charge is 2.36. The summed E-state index contributed by atoms with van der Waals surface area (Å²) < 4.78 is 13.8. The van der Waals surface area contributed by atoms with Gasteiger partial charge in [-0.2, -0.15) is 5.10 Å². The highest BCUT2D eigenvalue weighted by molar-refractivity contribution is 6.21. The Labute approximate surface area is 150 Å². The van der Waals surface area contributed by atoms with Gasteiger partial charge in [0.1, 0.15) is 5.82 Å². The van der Waals surface area contributed by atoms with Gasteiger partial charge in [-0.25, -0.2) is 9.82 Å². The second-order valence-electron chi connectivity index (χ2n) is 6.74. The average molecular weight is 359 g/mol. The molecule has 2 amide bonds. The summed E-state index contributed by atoms with van der Waals surface area (Å²) in [5.74, 6) is -1.21. The largest absolute Gasteiger partial charge is 0.356 e. The molecule has 2 aliphatic heterocycles. The van der Waals surface area contributed by atoms with Gasteiger partial charge in [-0.15, -0.1) is 0 Å². The number of rotatable bonds is 1. The average Bonchev–Trinajstić information content (AvgIpc) is 2.89. The minimum atomic E-state index is -1.02. The zero-order valence-corrected chi connectivity index (χ0v) is 15.2. The Morgan fingerprint density at radius 3 is 2.65 bits per heavy atom. The van der Waals surface area contributed by atoms with E-state index in [4.69, 9.17) is 5.73 Å². The standard InChI is InChI=1S/C16H16FN5O2.C2H6/c1-16(2,18)15(24)22-5-10-13-11(6-22)20-21-14(23)8-3-7(17)4-9(19-10)12(8)13;1-2/h3-4,19H,5-6,18H2,1-2H3,(H,21,23);1-2H3. The molecule has 7 nitrogen and oxygen atoms in total. The van der Waals surface area contributed by atoms with Crippen molar-refractivity contribution in [3.05, 3.63) is 34.8 Å². The number of hydrogen-bond donors (Lipinski definition) is 3. The maximum atomic E-state index is 13.8. The maximum absolute atomic E-state index is 13.8. The summed E-state index contributed by atoms with van der Waals surface area (Å²) in [7, 11) is 0. The number of amides is 2. The van der Waals surface area contributed by atoms with E-state index in [1.54, 1.807) is 18.7 Å². The van der Waals surface area contributed by atoms with Crippen molar-refractivity contribution < 1.29 is 14.0 Å². The molecule has 2 aromatic rings. The fourth-order valence-electron chi connectivity index (χ4n) is 3.29. The molecule has 0 fully saturated rings. The fourth-order valence-corrected chi connectivity index (χ4v) is 3.29. The summed E-state index contributed by atoms with van der Waals surface area (Å²) in [4.78, 5) is 29.4. The summed E-state index contributed by atoms with van der Waals surface area (Å²) >= 11 is 0. The van der Waals surface area contributed by atoms with E-state index in [1.807, 2.05) is 13.8 Å². The number of H-pyrrole nitrogens is 1. The molecule has 1 aromatic heterocycles. The molecular weight excluding hydrogens is 337 g/mol. The second-order valence-corrected chi connectivity index (χ2v) is 6.74. The maximum Gasteiger partial charge on any atom is 0.272 e. The van der Waals surface area contributed by atoms with E-state index in [-0.39, 0.29) is 18.0 Å². The lowest BCUT2D eigenvalue weighted by Gasteiger charge is -2.32. The second kappa shape index (κ2) is 6.21. The van der Waals surface area contributed by atoms with Gasteiger partial charge in [0.25, 0.3) is 5.91 Å². The first-order valence-electron chi connectivity index (χ1n) is 8.55. The topological polar surface area (TPSA) is 104 Å². The van der Waals surface area contributed by atoms with E-state index >= 15 is 0 Å². The van der Waals surface area contributed by atoms with Crippen LogP contribution < -0.4 is 11.2 Å². The van der Waals surface area contributed by atoms with Crippen LogP contribution in [0, 0.1) is 5.82 Å². The number of benzene rings is 1. The molecule has 3 heterocycles. The zero-order valence-electron chi connectivity index (χ0n) is 15.2. The molecule has 138 valence electrons. The van der Waals surface area contributed by atoms with E-state index in [9.17, 15) is 14.0 Å². The van der Waals surface area contributed by atoms with E-state index in [2.05, 4.69) is 15.5 Å². The number of aromatic amines is 1. The lowest BCUT2D eigenvalue weighted by atomic mass is 9.96. The Kier molecular flexibility index (Phi) is 4.31. The van der Waals surface area contributed by atoms with Gasteiger partial charge in [-0.05, 0) is 26.0 Å². The van der Waals surface area contributed by atoms with Crippen LogP contribution in [0.15, 0.2) is 17.2 Å². The summed E-state index contributed by atoms with van der Waals surface area (Å²) in [6.45, 7) is 7.81. The Balaban J connectivity index is 0.000000948. The van der Waals surface area contributed by atoms with Crippen LogP contribution in [0.2, 0.25) is 0 Å². The van der Waals surface area contributed by atoms with Gasteiger partial charge < -0.3 is 15.6 Å². The zero-order chi connectivity index (χ0) is 19.2. The van der Waals surface area contributed by atoms with Crippen LogP contribution in [0.4, 0.5) is 4.39 Å². The van der Waals surface area contributed by atoms with Gasteiger partial charge in [0, 0.05) is 16.6 Å². The quantitative estimate of drug-likeness (QED) is 0.724. The summed E-state index contributed by atoms with van der Waals surface area (Å²) in [6.07, 6.45) is 0. The molecule has 0 saturated carbocycles. The number of aromatic nitrogens is 1. The van der Waals surface area contributed by atoms with Crippen molar-refractivity contribution >= 4 is 28.4 Å². The van der Waals surface area contributed by atoms with Gasteiger partial charge in [0.05, 0.1) is 35.4 Å². The van der Waals surface area contributed by atoms with Gasteiger partial charge >= 0.3 is 0 Å².